The van der Waals surface area contributed by atoms with E-state index in [9.17, 15) is 9.59 Å². The van der Waals surface area contributed by atoms with Crippen LogP contribution in [0.15, 0.2) is 66.7 Å². The highest BCUT2D eigenvalue weighted by molar-refractivity contribution is 6.04. The highest BCUT2D eigenvalue weighted by atomic mass is 16.2. The second kappa shape index (κ2) is 9.06. The molecule has 0 unspecified atom stereocenters. The third-order valence-electron chi connectivity index (χ3n) is 4.75. The summed E-state index contributed by atoms with van der Waals surface area (Å²) in [4.78, 5) is 24.5. The Balaban J connectivity index is 1.53. The molecule has 0 radical (unpaired) electrons. The summed E-state index contributed by atoms with van der Waals surface area (Å²) in [6.07, 6.45) is 0. The summed E-state index contributed by atoms with van der Waals surface area (Å²) in [6.45, 7) is 6.11. The van der Waals surface area contributed by atoms with Gasteiger partial charge in [-0.05, 0) is 74.4 Å². The van der Waals surface area contributed by atoms with Crippen molar-refractivity contribution < 1.29 is 9.59 Å². The minimum absolute atomic E-state index is 0.115. The third-order valence-corrected chi connectivity index (χ3v) is 4.75. The molecule has 0 aliphatic heterocycles. The minimum atomic E-state index is -0.151. The van der Waals surface area contributed by atoms with Gasteiger partial charge in [0.05, 0.1) is 6.54 Å². The van der Waals surface area contributed by atoms with Crippen LogP contribution in [0, 0.1) is 20.8 Å². The topological polar surface area (TPSA) is 70.2 Å². The lowest BCUT2D eigenvalue weighted by atomic mass is 10.1. The average molecular weight is 387 g/mol. The molecule has 2 amide bonds. The Labute approximate surface area is 171 Å². The molecule has 0 saturated carbocycles. The summed E-state index contributed by atoms with van der Waals surface area (Å²) in [5.74, 6) is -0.266. The quantitative estimate of drug-likeness (QED) is 0.562. The van der Waals surface area contributed by atoms with Crippen LogP contribution in [0.2, 0.25) is 0 Å². The number of carbonyl (C=O) groups excluding carboxylic acids is 2. The number of amides is 2. The summed E-state index contributed by atoms with van der Waals surface area (Å²) < 4.78 is 0. The van der Waals surface area contributed by atoms with Crippen LogP contribution in [-0.4, -0.2) is 18.4 Å². The molecule has 0 aliphatic rings. The zero-order chi connectivity index (χ0) is 20.8. The SMILES string of the molecule is Cc1cccc(C(=O)Nc2ccc(NCC(=O)Nc3cccc(C)c3C)cc2)c1. The standard InChI is InChI=1S/C24H25N3O2/c1-16-6-4-8-19(14-16)24(29)26-21-12-10-20(11-13-21)25-15-23(28)27-22-9-5-7-17(2)18(22)3/h4-14,25H,15H2,1-3H3,(H,26,29)(H,27,28). The molecule has 5 heteroatoms. The van der Waals surface area contributed by atoms with Crippen molar-refractivity contribution in [2.75, 3.05) is 22.5 Å². The van der Waals surface area contributed by atoms with Gasteiger partial charge in [-0.1, -0.05) is 29.8 Å². The molecule has 148 valence electrons. The number of carbonyl (C=O) groups is 2. The van der Waals surface area contributed by atoms with Gasteiger partial charge in [0.15, 0.2) is 0 Å². The summed E-state index contributed by atoms with van der Waals surface area (Å²) in [5.41, 5.74) is 6.18. The number of aryl methyl sites for hydroxylation is 2. The van der Waals surface area contributed by atoms with Gasteiger partial charge < -0.3 is 16.0 Å². The normalized spacial score (nSPS) is 10.3. The Hall–Kier alpha value is -3.60. The number of hydrogen-bond acceptors (Lipinski definition) is 3. The molecule has 5 nitrogen and oxygen atoms in total. The molecule has 0 saturated heterocycles. The summed E-state index contributed by atoms with van der Waals surface area (Å²) in [5, 5.41) is 8.89. The molecular weight excluding hydrogens is 362 g/mol. The number of benzene rings is 3. The van der Waals surface area contributed by atoms with Gasteiger partial charge >= 0.3 is 0 Å². The van der Waals surface area contributed by atoms with E-state index >= 15 is 0 Å². The fraction of sp³-hybridized carbons (Fsp3) is 0.167. The Bertz CT molecular complexity index is 1030. The largest absolute Gasteiger partial charge is 0.376 e. The second-order valence-corrected chi connectivity index (χ2v) is 7.05. The van der Waals surface area contributed by atoms with Gasteiger partial charge in [-0.2, -0.15) is 0 Å². The summed E-state index contributed by atoms with van der Waals surface area (Å²) >= 11 is 0. The van der Waals surface area contributed by atoms with E-state index in [-0.39, 0.29) is 18.4 Å². The van der Waals surface area contributed by atoms with Crippen LogP contribution in [-0.2, 0) is 4.79 Å². The molecule has 29 heavy (non-hydrogen) atoms. The number of hydrogen-bond donors (Lipinski definition) is 3. The summed E-state index contributed by atoms with van der Waals surface area (Å²) in [6, 6.07) is 20.6. The molecule has 0 aromatic heterocycles. The molecule has 0 spiro atoms. The molecule has 3 N–H and O–H groups in total. The Kier molecular flexibility index (Phi) is 6.29. The van der Waals surface area contributed by atoms with Gasteiger partial charge in [-0.25, -0.2) is 0 Å². The summed E-state index contributed by atoms with van der Waals surface area (Å²) in [7, 11) is 0. The van der Waals surface area contributed by atoms with E-state index in [1.165, 1.54) is 0 Å². The Morgan fingerprint density at radius 1 is 0.793 bits per heavy atom. The lowest BCUT2D eigenvalue weighted by Gasteiger charge is -2.12. The van der Waals surface area contributed by atoms with Crippen LogP contribution in [0.5, 0.6) is 0 Å². The van der Waals surface area contributed by atoms with Crippen LogP contribution in [0.25, 0.3) is 0 Å². The van der Waals surface area contributed by atoms with Crippen molar-refractivity contribution >= 4 is 28.9 Å². The van der Waals surface area contributed by atoms with Crippen molar-refractivity contribution in [2.24, 2.45) is 0 Å². The first-order valence-corrected chi connectivity index (χ1v) is 9.50. The molecule has 3 aromatic rings. The lowest BCUT2D eigenvalue weighted by Crippen LogP contribution is -2.22. The van der Waals surface area contributed by atoms with Crippen molar-refractivity contribution in [2.45, 2.75) is 20.8 Å². The van der Waals surface area contributed by atoms with E-state index in [2.05, 4.69) is 16.0 Å². The molecule has 3 aromatic carbocycles. The fourth-order valence-corrected chi connectivity index (χ4v) is 2.92. The predicted molar refractivity (Wildman–Crippen MR) is 119 cm³/mol. The van der Waals surface area contributed by atoms with Crippen molar-refractivity contribution in [3.8, 4) is 0 Å². The van der Waals surface area contributed by atoms with Gasteiger partial charge in [0.25, 0.3) is 5.91 Å². The van der Waals surface area contributed by atoms with E-state index in [1.807, 2.05) is 69.3 Å². The maximum atomic E-state index is 12.3. The first kappa shape index (κ1) is 20.1. The fourth-order valence-electron chi connectivity index (χ4n) is 2.92. The van der Waals surface area contributed by atoms with Crippen molar-refractivity contribution in [3.05, 3.63) is 89.0 Å². The average Bonchev–Trinajstić information content (AvgIpc) is 2.71. The van der Waals surface area contributed by atoms with Gasteiger partial charge in [-0.3, -0.25) is 9.59 Å². The Morgan fingerprint density at radius 3 is 2.21 bits per heavy atom. The molecular formula is C24H25N3O2. The minimum Gasteiger partial charge on any atom is -0.376 e. The molecule has 0 fully saturated rings. The van der Waals surface area contributed by atoms with Crippen molar-refractivity contribution in [1.29, 1.82) is 0 Å². The second-order valence-electron chi connectivity index (χ2n) is 7.05. The molecule has 0 heterocycles. The zero-order valence-corrected chi connectivity index (χ0v) is 16.9. The third kappa shape index (κ3) is 5.45. The van der Waals surface area contributed by atoms with Crippen LogP contribution in [0.3, 0.4) is 0 Å². The van der Waals surface area contributed by atoms with Crippen molar-refractivity contribution in [3.63, 3.8) is 0 Å². The van der Waals surface area contributed by atoms with Gasteiger partial charge in [-0.15, -0.1) is 0 Å². The van der Waals surface area contributed by atoms with Gasteiger partial charge in [0, 0.05) is 22.6 Å². The van der Waals surface area contributed by atoms with Crippen LogP contribution >= 0.6 is 0 Å². The first-order valence-electron chi connectivity index (χ1n) is 9.50. The molecule has 0 bridgehead atoms. The first-order chi connectivity index (χ1) is 13.9. The monoisotopic (exact) mass is 387 g/mol. The predicted octanol–water partition coefficient (Wildman–Crippen LogP) is 4.91. The van der Waals surface area contributed by atoms with Gasteiger partial charge in [0.2, 0.25) is 5.91 Å². The number of rotatable bonds is 6. The van der Waals surface area contributed by atoms with E-state index in [4.69, 9.17) is 0 Å². The maximum absolute atomic E-state index is 12.3. The maximum Gasteiger partial charge on any atom is 0.255 e. The van der Waals surface area contributed by atoms with E-state index < -0.39 is 0 Å². The van der Waals surface area contributed by atoms with Crippen LogP contribution in [0.1, 0.15) is 27.0 Å². The highest BCUT2D eigenvalue weighted by Gasteiger charge is 2.08. The molecule has 3 rings (SSSR count). The van der Waals surface area contributed by atoms with Crippen LogP contribution in [0.4, 0.5) is 17.1 Å². The smallest absolute Gasteiger partial charge is 0.255 e. The van der Waals surface area contributed by atoms with Crippen LogP contribution < -0.4 is 16.0 Å². The van der Waals surface area contributed by atoms with Gasteiger partial charge in [0.1, 0.15) is 0 Å². The van der Waals surface area contributed by atoms with E-state index in [0.29, 0.717) is 11.3 Å². The number of nitrogens with one attached hydrogen (secondary N) is 3. The highest BCUT2D eigenvalue weighted by Crippen LogP contribution is 2.18. The molecule has 0 atom stereocenters. The van der Waals surface area contributed by atoms with Crippen molar-refractivity contribution in [1.82, 2.24) is 0 Å². The van der Waals surface area contributed by atoms with E-state index in [1.54, 1.807) is 18.2 Å². The lowest BCUT2D eigenvalue weighted by molar-refractivity contribution is -0.114. The zero-order valence-electron chi connectivity index (χ0n) is 16.9. The molecule has 0 aliphatic carbocycles. The van der Waals surface area contributed by atoms with E-state index in [0.717, 1.165) is 28.1 Å². The Morgan fingerprint density at radius 2 is 1.48 bits per heavy atom. The number of anilines is 3.